The maximum absolute atomic E-state index is 13.3. The summed E-state index contributed by atoms with van der Waals surface area (Å²) in [7, 11) is -3.99. The van der Waals surface area contributed by atoms with Gasteiger partial charge in [-0.1, -0.05) is 59.6 Å². The molecule has 3 aromatic rings. The molecule has 0 saturated carbocycles. The van der Waals surface area contributed by atoms with Crippen LogP contribution in [0.2, 0.25) is 10.0 Å². The Morgan fingerprint density at radius 1 is 0.906 bits per heavy atom. The lowest BCUT2D eigenvalue weighted by Crippen LogP contribution is -2.37. The average molecular weight is 491 g/mol. The van der Waals surface area contributed by atoms with Crippen LogP contribution in [0.25, 0.3) is 0 Å². The Bertz CT molecular complexity index is 1250. The molecule has 0 aliphatic carbocycles. The van der Waals surface area contributed by atoms with E-state index in [1.54, 1.807) is 54.6 Å². The molecule has 0 radical (unpaired) electrons. The number of carbonyl (C=O) groups is 2. The Labute approximate surface area is 196 Å². The molecule has 0 heterocycles. The van der Waals surface area contributed by atoms with Crippen molar-refractivity contribution in [2.24, 2.45) is 0 Å². The summed E-state index contributed by atoms with van der Waals surface area (Å²) in [6, 6.07) is 19.1. The van der Waals surface area contributed by atoms with Crippen LogP contribution in [0.3, 0.4) is 0 Å². The van der Waals surface area contributed by atoms with Gasteiger partial charge in [-0.05, 0) is 48.9 Å². The number of nitrogens with zero attached hydrogens (tertiary/aromatic N) is 1. The maximum atomic E-state index is 13.3. The van der Waals surface area contributed by atoms with Crippen molar-refractivity contribution in [1.82, 2.24) is 4.31 Å². The van der Waals surface area contributed by atoms with E-state index in [-0.39, 0.29) is 22.2 Å². The van der Waals surface area contributed by atoms with Crippen LogP contribution in [0, 0.1) is 0 Å². The van der Waals surface area contributed by atoms with Crippen LogP contribution in [0.15, 0.2) is 77.7 Å². The van der Waals surface area contributed by atoms with Crippen LogP contribution < -0.4 is 5.32 Å². The van der Waals surface area contributed by atoms with Gasteiger partial charge in [0.1, 0.15) is 0 Å². The SMILES string of the molecule is CC(=O)c1cccc(NC(=O)CN(Cc2ccc(Cl)c(Cl)c2)S(=O)(=O)c2ccccc2)c1. The predicted octanol–water partition coefficient (Wildman–Crippen LogP) is 5.03. The topological polar surface area (TPSA) is 83.6 Å². The normalized spacial score (nSPS) is 11.4. The number of Topliss-reactive ketones (excluding diaryl/α,β-unsaturated/α-hetero) is 1. The lowest BCUT2D eigenvalue weighted by molar-refractivity contribution is -0.116. The van der Waals surface area contributed by atoms with E-state index in [2.05, 4.69) is 5.32 Å². The quantitative estimate of drug-likeness (QED) is 0.449. The largest absolute Gasteiger partial charge is 0.325 e. The predicted molar refractivity (Wildman–Crippen MR) is 126 cm³/mol. The van der Waals surface area contributed by atoms with Gasteiger partial charge in [-0.25, -0.2) is 8.42 Å². The number of ketones is 1. The summed E-state index contributed by atoms with van der Waals surface area (Å²) in [6.45, 7) is 0.892. The van der Waals surface area contributed by atoms with Crippen LogP contribution in [0.5, 0.6) is 0 Å². The van der Waals surface area contributed by atoms with Gasteiger partial charge in [0.2, 0.25) is 15.9 Å². The second-order valence-electron chi connectivity index (χ2n) is 7.02. The Morgan fingerprint density at radius 2 is 1.62 bits per heavy atom. The molecular weight excluding hydrogens is 471 g/mol. The fraction of sp³-hybridized carbons (Fsp3) is 0.130. The van der Waals surface area contributed by atoms with E-state index in [0.29, 0.717) is 21.8 Å². The third-order valence-electron chi connectivity index (χ3n) is 4.60. The molecule has 3 rings (SSSR count). The fourth-order valence-electron chi connectivity index (χ4n) is 2.99. The highest BCUT2D eigenvalue weighted by molar-refractivity contribution is 7.89. The van der Waals surface area contributed by atoms with Gasteiger partial charge >= 0.3 is 0 Å². The Kier molecular flexibility index (Phi) is 7.69. The molecule has 0 aromatic heterocycles. The van der Waals surface area contributed by atoms with Crippen molar-refractivity contribution < 1.29 is 18.0 Å². The number of rotatable bonds is 8. The summed E-state index contributed by atoms with van der Waals surface area (Å²) in [5, 5.41) is 3.28. The third kappa shape index (κ3) is 5.95. The van der Waals surface area contributed by atoms with Gasteiger partial charge in [-0.3, -0.25) is 9.59 Å². The summed E-state index contributed by atoms with van der Waals surface area (Å²) in [5.74, 6) is -0.695. The number of benzene rings is 3. The van der Waals surface area contributed by atoms with Gasteiger partial charge in [0.05, 0.1) is 21.5 Å². The van der Waals surface area contributed by atoms with Gasteiger partial charge < -0.3 is 5.32 Å². The van der Waals surface area contributed by atoms with Gasteiger partial charge in [0, 0.05) is 17.8 Å². The van der Waals surface area contributed by atoms with Crippen molar-refractivity contribution >= 4 is 50.6 Å². The van der Waals surface area contributed by atoms with Crippen molar-refractivity contribution in [3.05, 3.63) is 94.0 Å². The van der Waals surface area contributed by atoms with Crippen molar-refractivity contribution in [2.75, 3.05) is 11.9 Å². The zero-order valence-electron chi connectivity index (χ0n) is 17.1. The van der Waals surface area contributed by atoms with E-state index in [4.69, 9.17) is 23.2 Å². The van der Waals surface area contributed by atoms with Crippen LogP contribution in [0.1, 0.15) is 22.8 Å². The van der Waals surface area contributed by atoms with Crippen LogP contribution in [-0.4, -0.2) is 31.0 Å². The van der Waals surface area contributed by atoms with Crippen molar-refractivity contribution in [2.45, 2.75) is 18.4 Å². The van der Waals surface area contributed by atoms with Gasteiger partial charge in [-0.15, -0.1) is 0 Å². The molecule has 1 N–H and O–H groups in total. The molecule has 0 unspecified atom stereocenters. The lowest BCUT2D eigenvalue weighted by Gasteiger charge is -2.22. The van der Waals surface area contributed by atoms with E-state index < -0.39 is 22.5 Å². The monoisotopic (exact) mass is 490 g/mol. The highest BCUT2D eigenvalue weighted by atomic mass is 35.5. The minimum absolute atomic E-state index is 0.0615. The highest BCUT2D eigenvalue weighted by Crippen LogP contribution is 2.25. The number of hydrogen-bond donors (Lipinski definition) is 1. The van der Waals surface area contributed by atoms with Crippen molar-refractivity contribution in [1.29, 1.82) is 0 Å². The summed E-state index contributed by atoms with van der Waals surface area (Å²) < 4.78 is 27.6. The first-order valence-electron chi connectivity index (χ1n) is 9.57. The minimum atomic E-state index is -3.99. The van der Waals surface area contributed by atoms with Gasteiger partial charge in [0.15, 0.2) is 5.78 Å². The second kappa shape index (κ2) is 10.3. The second-order valence-corrected chi connectivity index (χ2v) is 9.77. The molecule has 0 bridgehead atoms. The highest BCUT2D eigenvalue weighted by Gasteiger charge is 2.27. The number of anilines is 1. The number of carbonyl (C=O) groups excluding carboxylic acids is 2. The van der Waals surface area contributed by atoms with E-state index in [1.807, 2.05) is 0 Å². The summed E-state index contributed by atoms with van der Waals surface area (Å²) in [6.07, 6.45) is 0. The first kappa shape index (κ1) is 23.9. The first-order valence-corrected chi connectivity index (χ1v) is 11.8. The minimum Gasteiger partial charge on any atom is -0.325 e. The maximum Gasteiger partial charge on any atom is 0.243 e. The van der Waals surface area contributed by atoms with Crippen molar-refractivity contribution in [3.63, 3.8) is 0 Å². The Balaban J connectivity index is 1.88. The third-order valence-corrected chi connectivity index (χ3v) is 7.14. The Hall–Kier alpha value is -2.71. The molecule has 166 valence electrons. The molecule has 0 atom stereocenters. The van der Waals surface area contributed by atoms with E-state index in [0.717, 1.165) is 4.31 Å². The summed E-state index contributed by atoms with van der Waals surface area (Å²) >= 11 is 12.0. The standard InChI is InChI=1S/C23H20Cl2N2O4S/c1-16(28)18-6-5-7-19(13-18)26-23(29)15-27(14-17-10-11-21(24)22(25)12-17)32(30,31)20-8-3-2-4-9-20/h2-13H,14-15H2,1H3,(H,26,29). The Morgan fingerprint density at radius 3 is 2.28 bits per heavy atom. The van der Waals surface area contributed by atoms with E-state index in [9.17, 15) is 18.0 Å². The molecule has 0 saturated heterocycles. The van der Waals surface area contributed by atoms with E-state index >= 15 is 0 Å². The number of halogens is 2. The smallest absolute Gasteiger partial charge is 0.243 e. The number of sulfonamides is 1. The van der Waals surface area contributed by atoms with Gasteiger partial charge in [0.25, 0.3) is 0 Å². The molecule has 0 aliphatic heterocycles. The molecule has 1 amide bonds. The van der Waals surface area contributed by atoms with Crippen LogP contribution in [-0.2, 0) is 21.4 Å². The van der Waals surface area contributed by atoms with Crippen LogP contribution >= 0.6 is 23.2 Å². The molecule has 6 nitrogen and oxygen atoms in total. The molecule has 0 spiro atoms. The van der Waals surface area contributed by atoms with Crippen molar-refractivity contribution in [3.8, 4) is 0 Å². The zero-order chi connectivity index (χ0) is 23.3. The summed E-state index contributed by atoms with van der Waals surface area (Å²) in [4.78, 5) is 24.4. The number of hydrogen-bond acceptors (Lipinski definition) is 4. The molecule has 32 heavy (non-hydrogen) atoms. The molecule has 3 aromatic carbocycles. The fourth-order valence-corrected chi connectivity index (χ4v) is 4.71. The number of amides is 1. The molecule has 0 fully saturated rings. The molecular formula is C23H20Cl2N2O4S. The van der Waals surface area contributed by atoms with Crippen LogP contribution in [0.4, 0.5) is 5.69 Å². The lowest BCUT2D eigenvalue weighted by atomic mass is 10.1. The zero-order valence-corrected chi connectivity index (χ0v) is 19.4. The average Bonchev–Trinajstić information content (AvgIpc) is 2.76. The van der Waals surface area contributed by atoms with E-state index in [1.165, 1.54) is 25.1 Å². The number of nitrogens with one attached hydrogen (secondary N) is 1. The molecule has 9 heteroatoms. The molecule has 0 aliphatic rings. The summed E-state index contributed by atoms with van der Waals surface area (Å²) in [5.41, 5.74) is 1.41. The first-order chi connectivity index (χ1) is 15.2. The van der Waals surface area contributed by atoms with Gasteiger partial charge in [-0.2, -0.15) is 4.31 Å².